The van der Waals surface area contributed by atoms with Crippen molar-refractivity contribution in [2.75, 3.05) is 19.0 Å². The van der Waals surface area contributed by atoms with Gasteiger partial charge in [0, 0.05) is 25.2 Å². The summed E-state index contributed by atoms with van der Waals surface area (Å²) < 4.78 is 20.6. The van der Waals surface area contributed by atoms with E-state index in [0.29, 0.717) is 5.69 Å². The van der Waals surface area contributed by atoms with Crippen LogP contribution in [0.5, 0.6) is 0 Å². The molecule has 0 radical (unpaired) electrons. The van der Waals surface area contributed by atoms with Crippen molar-refractivity contribution in [2.24, 2.45) is 5.92 Å². The van der Waals surface area contributed by atoms with E-state index in [9.17, 15) is 14.0 Å². The van der Waals surface area contributed by atoms with Crippen molar-refractivity contribution >= 4 is 17.5 Å². The molecule has 2 amide bonds. The maximum Gasteiger partial charge on any atom is 0.247 e. The summed E-state index contributed by atoms with van der Waals surface area (Å²) in [5.41, 5.74) is 0.772. The largest absolute Gasteiger partial charge is 0.375 e. The van der Waals surface area contributed by atoms with E-state index >= 15 is 0 Å². The number of hydrogen-bond acceptors (Lipinski definition) is 3. The van der Waals surface area contributed by atoms with E-state index < -0.39 is 23.7 Å². The maximum atomic E-state index is 14.1. The van der Waals surface area contributed by atoms with Crippen molar-refractivity contribution in [3.8, 4) is 5.69 Å². The van der Waals surface area contributed by atoms with E-state index in [-0.39, 0.29) is 18.2 Å². The lowest BCUT2D eigenvalue weighted by molar-refractivity contribution is -0.129. The molecule has 0 unspecified atom stereocenters. The van der Waals surface area contributed by atoms with Gasteiger partial charge in [-0.1, -0.05) is 13.8 Å². The Balaban J connectivity index is 2.17. The van der Waals surface area contributed by atoms with Gasteiger partial charge < -0.3 is 19.9 Å². The van der Waals surface area contributed by atoms with E-state index in [0.717, 1.165) is 0 Å². The molecule has 2 aromatic rings. The van der Waals surface area contributed by atoms with Crippen molar-refractivity contribution < 1.29 is 18.7 Å². The van der Waals surface area contributed by atoms with Gasteiger partial charge in [-0.2, -0.15) is 0 Å². The van der Waals surface area contributed by atoms with Crippen LogP contribution in [0.1, 0.15) is 13.8 Å². The highest BCUT2D eigenvalue weighted by Crippen LogP contribution is 2.20. The van der Waals surface area contributed by atoms with Gasteiger partial charge in [0.25, 0.3) is 0 Å². The summed E-state index contributed by atoms with van der Waals surface area (Å²) >= 11 is 0. The lowest BCUT2D eigenvalue weighted by Crippen LogP contribution is -2.48. The molecule has 2 rings (SSSR count). The van der Waals surface area contributed by atoms with E-state index in [1.165, 1.54) is 13.2 Å². The van der Waals surface area contributed by atoms with Crippen LogP contribution in [0, 0.1) is 11.7 Å². The molecule has 2 N–H and O–H groups in total. The third-order valence-corrected chi connectivity index (χ3v) is 3.65. The number of nitrogens with one attached hydrogen (secondary N) is 2. The molecule has 0 bridgehead atoms. The third-order valence-electron chi connectivity index (χ3n) is 3.65. The Kier molecular flexibility index (Phi) is 6.30. The van der Waals surface area contributed by atoms with E-state index in [1.54, 1.807) is 30.5 Å². The second-order valence-electron chi connectivity index (χ2n) is 5.97. The fourth-order valence-corrected chi connectivity index (χ4v) is 2.37. The topological polar surface area (TPSA) is 72.4 Å². The quantitative estimate of drug-likeness (QED) is 0.807. The number of anilines is 1. The molecule has 0 aliphatic heterocycles. The molecule has 6 nitrogen and oxygen atoms in total. The van der Waals surface area contributed by atoms with Gasteiger partial charge in [-0.3, -0.25) is 9.59 Å². The van der Waals surface area contributed by atoms with Crippen LogP contribution in [-0.4, -0.2) is 36.1 Å². The number of rotatable bonds is 7. The van der Waals surface area contributed by atoms with Crippen molar-refractivity contribution in [2.45, 2.75) is 19.9 Å². The molecule has 1 heterocycles. The zero-order valence-electron chi connectivity index (χ0n) is 14.5. The highest BCUT2D eigenvalue weighted by atomic mass is 19.1. The molecule has 1 atom stereocenters. The molecule has 0 aliphatic rings. The van der Waals surface area contributed by atoms with Gasteiger partial charge in [0.15, 0.2) is 0 Å². The zero-order chi connectivity index (χ0) is 18.4. The Morgan fingerprint density at radius 3 is 2.52 bits per heavy atom. The van der Waals surface area contributed by atoms with Crippen LogP contribution >= 0.6 is 0 Å². The van der Waals surface area contributed by atoms with Crippen molar-refractivity contribution in [1.29, 1.82) is 0 Å². The minimum Gasteiger partial charge on any atom is -0.375 e. The molecule has 7 heteroatoms. The Bertz CT molecular complexity index is 729. The average Bonchev–Trinajstić information content (AvgIpc) is 3.09. The molecule has 25 heavy (non-hydrogen) atoms. The first kappa shape index (κ1) is 18.7. The summed E-state index contributed by atoms with van der Waals surface area (Å²) in [6, 6.07) is 7.35. The summed E-state index contributed by atoms with van der Waals surface area (Å²) in [5, 5.41) is 5.15. The Morgan fingerprint density at radius 1 is 1.24 bits per heavy atom. The first-order chi connectivity index (χ1) is 11.9. The normalized spacial score (nSPS) is 12.0. The molecule has 134 valence electrons. The summed E-state index contributed by atoms with van der Waals surface area (Å²) in [5.74, 6) is -1.60. The summed E-state index contributed by atoms with van der Waals surface area (Å²) in [6.45, 7) is 3.45. The SMILES string of the molecule is COCC(=O)N[C@H](C(=O)Nc1cc(-n2cccc2)ccc1F)C(C)C. The number of ether oxygens (including phenoxy) is 1. The van der Waals surface area contributed by atoms with E-state index in [2.05, 4.69) is 10.6 Å². The average molecular weight is 347 g/mol. The minimum atomic E-state index is -0.794. The predicted molar refractivity (Wildman–Crippen MR) is 93.0 cm³/mol. The number of nitrogens with zero attached hydrogens (tertiary/aromatic N) is 1. The van der Waals surface area contributed by atoms with Crippen LogP contribution in [0.2, 0.25) is 0 Å². The minimum absolute atomic E-state index is 0.0582. The van der Waals surface area contributed by atoms with Gasteiger partial charge in [0.2, 0.25) is 11.8 Å². The smallest absolute Gasteiger partial charge is 0.247 e. The molecule has 0 saturated heterocycles. The molecule has 0 saturated carbocycles. The predicted octanol–water partition coefficient (Wildman–Crippen LogP) is 2.34. The van der Waals surface area contributed by atoms with Crippen LogP contribution in [0.4, 0.5) is 10.1 Å². The number of aromatic nitrogens is 1. The van der Waals surface area contributed by atoms with Gasteiger partial charge in [0.05, 0.1) is 5.69 Å². The Labute approximate surface area is 146 Å². The fourth-order valence-electron chi connectivity index (χ4n) is 2.37. The summed E-state index contributed by atoms with van der Waals surface area (Å²) in [4.78, 5) is 24.2. The molecular weight excluding hydrogens is 325 g/mol. The van der Waals surface area contributed by atoms with Gasteiger partial charge in [-0.25, -0.2) is 4.39 Å². The van der Waals surface area contributed by atoms with Gasteiger partial charge >= 0.3 is 0 Å². The lowest BCUT2D eigenvalue weighted by atomic mass is 10.0. The number of hydrogen-bond donors (Lipinski definition) is 2. The standard InChI is InChI=1S/C18H22FN3O3/c1-12(2)17(21-16(23)11-25-3)18(24)20-15-10-13(6-7-14(15)19)22-8-4-5-9-22/h4-10,12,17H,11H2,1-3H3,(H,20,24)(H,21,23)/t17-/m0/s1. The van der Waals surface area contributed by atoms with Crippen molar-refractivity contribution in [3.63, 3.8) is 0 Å². The van der Waals surface area contributed by atoms with Crippen LogP contribution in [0.3, 0.4) is 0 Å². The Morgan fingerprint density at radius 2 is 1.92 bits per heavy atom. The van der Waals surface area contributed by atoms with Crippen LogP contribution in [0.25, 0.3) is 5.69 Å². The van der Waals surface area contributed by atoms with Crippen LogP contribution in [-0.2, 0) is 14.3 Å². The highest BCUT2D eigenvalue weighted by Gasteiger charge is 2.25. The van der Waals surface area contributed by atoms with Crippen molar-refractivity contribution in [1.82, 2.24) is 9.88 Å². The molecule has 0 aliphatic carbocycles. The molecule has 1 aromatic carbocycles. The first-order valence-corrected chi connectivity index (χ1v) is 7.94. The summed E-state index contributed by atoms with van der Waals surface area (Å²) in [6.07, 6.45) is 3.64. The molecule has 0 spiro atoms. The van der Waals surface area contributed by atoms with E-state index in [1.807, 2.05) is 24.5 Å². The molecular formula is C18H22FN3O3. The number of methoxy groups -OCH3 is 1. The van der Waals surface area contributed by atoms with Crippen LogP contribution in [0.15, 0.2) is 42.7 Å². The molecule has 0 fully saturated rings. The lowest BCUT2D eigenvalue weighted by Gasteiger charge is -2.22. The van der Waals surface area contributed by atoms with Gasteiger partial charge in [-0.15, -0.1) is 0 Å². The summed E-state index contributed by atoms with van der Waals surface area (Å²) in [7, 11) is 1.39. The van der Waals surface area contributed by atoms with Gasteiger partial charge in [-0.05, 0) is 36.2 Å². The third kappa shape index (κ3) is 4.90. The van der Waals surface area contributed by atoms with Crippen molar-refractivity contribution in [3.05, 3.63) is 48.5 Å². The Hall–Kier alpha value is -2.67. The number of amides is 2. The second kappa shape index (κ2) is 8.43. The zero-order valence-corrected chi connectivity index (χ0v) is 14.5. The maximum absolute atomic E-state index is 14.1. The highest BCUT2D eigenvalue weighted by molar-refractivity contribution is 5.97. The number of halogens is 1. The second-order valence-corrected chi connectivity index (χ2v) is 5.97. The molecule has 1 aromatic heterocycles. The van der Waals surface area contributed by atoms with E-state index in [4.69, 9.17) is 4.74 Å². The fraction of sp³-hybridized carbons (Fsp3) is 0.333. The van der Waals surface area contributed by atoms with Gasteiger partial charge in [0.1, 0.15) is 18.5 Å². The number of benzene rings is 1. The first-order valence-electron chi connectivity index (χ1n) is 7.94. The number of carbonyl (C=O) groups is 2. The monoisotopic (exact) mass is 347 g/mol. The number of carbonyl (C=O) groups excluding carboxylic acids is 2. The van der Waals surface area contributed by atoms with Crippen LogP contribution < -0.4 is 10.6 Å².